The summed E-state index contributed by atoms with van der Waals surface area (Å²) in [5, 5.41) is 0. The third-order valence-electron chi connectivity index (χ3n) is 3.14. The Labute approximate surface area is 89.5 Å². The number of nitrogens with two attached hydrogens (primary N) is 1. The van der Waals surface area contributed by atoms with Crippen LogP contribution in [0.15, 0.2) is 6.20 Å². The highest BCUT2D eigenvalue weighted by Gasteiger charge is 2.34. The molecule has 2 heterocycles. The predicted molar refractivity (Wildman–Crippen MR) is 58.9 cm³/mol. The fourth-order valence-electron chi connectivity index (χ4n) is 2.20. The van der Waals surface area contributed by atoms with Crippen molar-refractivity contribution in [2.24, 2.45) is 5.73 Å². The molecule has 0 saturated heterocycles. The molecule has 0 radical (unpaired) electrons. The van der Waals surface area contributed by atoms with Crippen molar-refractivity contribution in [1.29, 1.82) is 0 Å². The first-order valence-corrected chi connectivity index (χ1v) is 5.70. The molecular weight excluding hydrogens is 188 g/mol. The normalized spacial score (nSPS) is 19.4. The molecule has 2 N–H and O–H groups in total. The van der Waals surface area contributed by atoms with Gasteiger partial charge in [-0.2, -0.15) is 0 Å². The van der Waals surface area contributed by atoms with Crippen molar-refractivity contribution in [2.75, 3.05) is 18.0 Å². The minimum atomic E-state index is 0.627. The van der Waals surface area contributed by atoms with Crippen LogP contribution in [0.25, 0.3) is 0 Å². The Morgan fingerprint density at radius 2 is 2.33 bits per heavy atom. The van der Waals surface area contributed by atoms with Gasteiger partial charge in [-0.05, 0) is 25.8 Å². The van der Waals surface area contributed by atoms with Crippen LogP contribution in [0.5, 0.6) is 0 Å². The number of nitrogens with zero attached hydrogens (tertiary/aromatic N) is 3. The Morgan fingerprint density at radius 1 is 1.47 bits per heavy atom. The second kappa shape index (κ2) is 3.45. The van der Waals surface area contributed by atoms with Gasteiger partial charge in [-0.3, -0.25) is 0 Å². The second-order valence-corrected chi connectivity index (χ2v) is 4.35. The van der Waals surface area contributed by atoms with E-state index in [1.807, 2.05) is 6.20 Å². The molecule has 80 valence electrons. The standard InChI is InChI=1S/C11H16N4/c12-5-3-10-13-7-8-4-6-15(9-1-2-9)11(8)14-10/h7,9H,1-6,12H2. The molecule has 2 aliphatic rings. The molecule has 4 nitrogen and oxygen atoms in total. The molecular formula is C11H16N4. The first-order chi connectivity index (χ1) is 7.38. The van der Waals surface area contributed by atoms with Crippen molar-refractivity contribution in [1.82, 2.24) is 9.97 Å². The number of anilines is 1. The van der Waals surface area contributed by atoms with Crippen LogP contribution in [0.3, 0.4) is 0 Å². The third kappa shape index (κ3) is 1.59. The summed E-state index contributed by atoms with van der Waals surface area (Å²) in [4.78, 5) is 11.4. The predicted octanol–water partition coefficient (Wildman–Crippen LogP) is 0.503. The van der Waals surface area contributed by atoms with E-state index in [-0.39, 0.29) is 0 Å². The van der Waals surface area contributed by atoms with Gasteiger partial charge in [-0.1, -0.05) is 0 Å². The summed E-state index contributed by atoms with van der Waals surface area (Å²) in [6.07, 6.45) is 6.53. The van der Waals surface area contributed by atoms with Crippen LogP contribution >= 0.6 is 0 Å². The van der Waals surface area contributed by atoms with E-state index >= 15 is 0 Å². The average molecular weight is 204 g/mol. The largest absolute Gasteiger partial charge is 0.353 e. The molecule has 0 amide bonds. The maximum Gasteiger partial charge on any atom is 0.135 e. The zero-order valence-corrected chi connectivity index (χ0v) is 8.82. The maximum atomic E-state index is 5.52. The van der Waals surface area contributed by atoms with E-state index in [9.17, 15) is 0 Å². The summed E-state index contributed by atoms with van der Waals surface area (Å²) >= 11 is 0. The lowest BCUT2D eigenvalue weighted by Gasteiger charge is -2.17. The van der Waals surface area contributed by atoms with E-state index in [0.717, 1.165) is 31.3 Å². The van der Waals surface area contributed by atoms with Gasteiger partial charge >= 0.3 is 0 Å². The Hall–Kier alpha value is -1.16. The fraction of sp³-hybridized carbons (Fsp3) is 0.636. The summed E-state index contributed by atoms with van der Waals surface area (Å²) in [5.41, 5.74) is 6.83. The smallest absolute Gasteiger partial charge is 0.135 e. The average Bonchev–Trinajstić information content (AvgIpc) is 3.00. The summed E-state index contributed by atoms with van der Waals surface area (Å²) < 4.78 is 0. The molecule has 1 aliphatic heterocycles. The lowest BCUT2D eigenvalue weighted by atomic mass is 10.3. The molecule has 1 saturated carbocycles. The van der Waals surface area contributed by atoms with Gasteiger partial charge in [-0.15, -0.1) is 0 Å². The molecule has 1 aromatic heterocycles. The molecule has 1 aromatic rings. The minimum absolute atomic E-state index is 0.627. The number of hydrogen-bond donors (Lipinski definition) is 1. The second-order valence-electron chi connectivity index (χ2n) is 4.35. The van der Waals surface area contributed by atoms with Crippen LogP contribution in [-0.2, 0) is 12.8 Å². The number of rotatable bonds is 3. The summed E-state index contributed by atoms with van der Waals surface area (Å²) in [7, 11) is 0. The van der Waals surface area contributed by atoms with E-state index < -0.39 is 0 Å². The molecule has 1 fully saturated rings. The van der Waals surface area contributed by atoms with Crippen molar-refractivity contribution in [3.05, 3.63) is 17.6 Å². The van der Waals surface area contributed by atoms with Crippen LogP contribution in [0.4, 0.5) is 5.82 Å². The topological polar surface area (TPSA) is 55.0 Å². The maximum absolute atomic E-state index is 5.52. The van der Waals surface area contributed by atoms with E-state index in [1.165, 1.54) is 24.2 Å². The van der Waals surface area contributed by atoms with Crippen LogP contribution in [-0.4, -0.2) is 29.1 Å². The molecule has 0 unspecified atom stereocenters. The Balaban J connectivity index is 1.91. The molecule has 4 heteroatoms. The summed E-state index contributed by atoms with van der Waals surface area (Å²) in [6, 6.07) is 0.756. The van der Waals surface area contributed by atoms with Crippen molar-refractivity contribution < 1.29 is 0 Å². The van der Waals surface area contributed by atoms with Gasteiger partial charge in [0.15, 0.2) is 0 Å². The SMILES string of the molecule is NCCc1ncc2c(n1)N(C1CC1)CC2. The molecule has 1 aliphatic carbocycles. The van der Waals surface area contributed by atoms with Crippen LogP contribution in [0, 0.1) is 0 Å². The lowest BCUT2D eigenvalue weighted by Crippen LogP contribution is -2.24. The highest BCUT2D eigenvalue weighted by Crippen LogP contribution is 2.36. The van der Waals surface area contributed by atoms with Crippen molar-refractivity contribution >= 4 is 5.82 Å². The first kappa shape index (κ1) is 9.09. The molecule has 0 aromatic carbocycles. The van der Waals surface area contributed by atoms with E-state index in [0.29, 0.717) is 6.54 Å². The monoisotopic (exact) mass is 204 g/mol. The molecule has 0 atom stereocenters. The summed E-state index contributed by atoms with van der Waals surface area (Å²) in [6.45, 7) is 1.75. The lowest BCUT2D eigenvalue weighted by molar-refractivity contribution is 0.807. The van der Waals surface area contributed by atoms with Gasteiger partial charge in [0.25, 0.3) is 0 Å². The van der Waals surface area contributed by atoms with E-state index in [1.54, 1.807) is 0 Å². The Morgan fingerprint density at radius 3 is 3.07 bits per heavy atom. The number of hydrogen-bond acceptors (Lipinski definition) is 4. The quantitative estimate of drug-likeness (QED) is 0.779. The van der Waals surface area contributed by atoms with Gasteiger partial charge in [0.1, 0.15) is 11.6 Å². The highest BCUT2D eigenvalue weighted by atomic mass is 15.3. The Kier molecular flexibility index (Phi) is 2.09. The Bertz CT molecular complexity index is 373. The molecule has 0 bridgehead atoms. The van der Waals surface area contributed by atoms with E-state index in [4.69, 9.17) is 5.73 Å². The van der Waals surface area contributed by atoms with Crippen molar-refractivity contribution in [3.8, 4) is 0 Å². The van der Waals surface area contributed by atoms with Gasteiger partial charge in [-0.25, -0.2) is 9.97 Å². The first-order valence-electron chi connectivity index (χ1n) is 5.70. The third-order valence-corrected chi connectivity index (χ3v) is 3.14. The van der Waals surface area contributed by atoms with Gasteiger partial charge < -0.3 is 10.6 Å². The van der Waals surface area contributed by atoms with Crippen molar-refractivity contribution in [3.63, 3.8) is 0 Å². The molecule has 3 rings (SSSR count). The van der Waals surface area contributed by atoms with Crippen LogP contribution in [0.2, 0.25) is 0 Å². The van der Waals surface area contributed by atoms with Gasteiger partial charge in [0.2, 0.25) is 0 Å². The van der Waals surface area contributed by atoms with Crippen molar-refractivity contribution in [2.45, 2.75) is 31.7 Å². The van der Waals surface area contributed by atoms with Crippen LogP contribution < -0.4 is 10.6 Å². The van der Waals surface area contributed by atoms with Gasteiger partial charge in [0.05, 0.1) is 0 Å². The summed E-state index contributed by atoms with van der Waals surface area (Å²) in [5.74, 6) is 2.07. The fourth-order valence-corrected chi connectivity index (χ4v) is 2.20. The zero-order valence-electron chi connectivity index (χ0n) is 8.82. The van der Waals surface area contributed by atoms with Crippen LogP contribution in [0.1, 0.15) is 24.2 Å². The zero-order chi connectivity index (χ0) is 10.3. The number of fused-ring (bicyclic) bond motifs is 1. The molecule has 15 heavy (non-hydrogen) atoms. The minimum Gasteiger partial charge on any atom is -0.353 e. The number of aromatic nitrogens is 2. The highest BCUT2D eigenvalue weighted by molar-refractivity contribution is 5.53. The molecule has 0 spiro atoms. The van der Waals surface area contributed by atoms with Gasteiger partial charge in [0, 0.05) is 30.8 Å². The van der Waals surface area contributed by atoms with E-state index in [2.05, 4.69) is 14.9 Å².